The van der Waals surface area contributed by atoms with Crippen LogP contribution in [-0.2, 0) is 9.59 Å². The van der Waals surface area contributed by atoms with E-state index in [1.165, 1.54) is 25.0 Å². The van der Waals surface area contributed by atoms with E-state index < -0.39 is 0 Å². The number of carbonyl (C=O) groups is 2. The van der Waals surface area contributed by atoms with Gasteiger partial charge in [-0.25, -0.2) is 4.39 Å². The monoisotopic (exact) mass is 334 g/mol. The first-order valence-electron chi connectivity index (χ1n) is 8.59. The largest absolute Gasteiger partial charge is 0.492 e. The van der Waals surface area contributed by atoms with Gasteiger partial charge in [-0.3, -0.25) is 9.59 Å². The maximum atomic E-state index is 13.0. The molecule has 3 rings (SSSR count). The van der Waals surface area contributed by atoms with Crippen LogP contribution in [0.25, 0.3) is 0 Å². The molecule has 0 radical (unpaired) electrons. The van der Waals surface area contributed by atoms with Crippen LogP contribution in [0.5, 0.6) is 5.75 Å². The van der Waals surface area contributed by atoms with Gasteiger partial charge in [0.1, 0.15) is 18.2 Å². The van der Waals surface area contributed by atoms with Crippen molar-refractivity contribution in [3.8, 4) is 5.75 Å². The van der Waals surface area contributed by atoms with E-state index in [1.807, 2.05) is 4.90 Å². The summed E-state index contributed by atoms with van der Waals surface area (Å²) in [6, 6.07) is 6.22. The highest BCUT2D eigenvalue weighted by Gasteiger charge is 2.38. The molecule has 1 aromatic rings. The number of nitrogens with zero attached hydrogens (tertiary/aromatic N) is 1. The molecular formula is C18H23FN2O3. The van der Waals surface area contributed by atoms with Crippen molar-refractivity contribution >= 4 is 11.8 Å². The Morgan fingerprint density at radius 1 is 1.33 bits per heavy atom. The second-order valence-corrected chi connectivity index (χ2v) is 6.48. The molecule has 1 N–H and O–H groups in total. The molecule has 1 aliphatic heterocycles. The molecule has 1 aliphatic carbocycles. The van der Waals surface area contributed by atoms with Crippen LogP contribution in [0.1, 0.15) is 32.1 Å². The number of amides is 2. The van der Waals surface area contributed by atoms with Crippen LogP contribution in [0, 0.1) is 11.7 Å². The summed E-state index contributed by atoms with van der Waals surface area (Å²) in [5, 5.41) is 2.80. The summed E-state index contributed by atoms with van der Waals surface area (Å²) < 4.78 is 18.4. The normalized spacial score (nSPS) is 21.3. The third-order valence-corrected chi connectivity index (χ3v) is 4.76. The van der Waals surface area contributed by atoms with Crippen LogP contribution >= 0.6 is 0 Å². The third-order valence-electron chi connectivity index (χ3n) is 4.76. The number of hydrogen-bond acceptors (Lipinski definition) is 3. The Morgan fingerprint density at radius 2 is 2.12 bits per heavy atom. The predicted octanol–water partition coefficient (Wildman–Crippen LogP) is 2.11. The van der Waals surface area contributed by atoms with Gasteiger partial charge >= 0.3 is 0 Å². The Balaban J connectivity index is 1.40. The first-order chi connectivity index (χ1) is 11.6. The van der Waals surface area contributed by atoms with Crippen LogP contribution in [0.15, 0.2) is 24.3 Å². The van der Waals surface area contributed by atoms with Crippen LogP contribution in [-0.4, -0.2) is 42.5 Å². The number of rotatable bonds is 6. The lowest BCUT2D eigenvalue weighted by atomic mass is 10.1. The van der Waals surface area contributed by atoms with Gasteiger partial charge in [0.05, 0.1) is 12.5 Å². The number of ether oxygens (including phenoxy) is 1. The molecule has 130 valence electrons. The molecule has 0 aromatic heterocycles. The second-order valence-electron chi connectivity index (χ2n) is 6.48. The molecule has 0 bridgehead atoms. The van der Waals surface area contributed by atoms with E-state index in [2.05, 4.69) is 5.32 Å². The first-order valence-corrected chi connectivity index (χ1v) is 8.59. The molecule has 0 spiro atoms. The van der Waals surface area contributed by atoms with Crippen LogP contribution in [0.2, 0.25) is 0 Å². The molecule has 24 heavy (non-hydrogen) atoms. The number of hydrogen-bond donors (Lipinski definition) is 1. The molecule has 1 heterocycles. The van der Waals surface area contributed by atoms with E-state index in [1.54, 1.807) is 12.1 Å². The minimum atomic E-state index is -0.354. The van der Waals surface area contributed by atoms with Gasteiger partial charge in [0.15, 0.2) is 0 Å². The summed E-state index contributed by atoms with van der Waals surface area (Å²) in [5.41, 5.74) is 0. The van der Waals surface area contributed by atoms with Crippen molar-refractivity contribution in [3.05, 3.63) is 30.1 Å². The van der Waals surface area contributed by atoms with E-state index in [4.69, 9.17) is 4.74 Å². The Hall–Kier alpha value is -2.11. The minimum absolute atomic E-state index is 0.0954. The van der Waals surface area contributed by atoms with Crippen molar-refractivity contribution < 1.29 is 18.7 Å². The number of nitrogens with one attached hydrogen (secondary N) is 1. The maximum absolute atomic E-state index is 13.0. The van der Waals surface area contributed by atoms with Crippen molar-refractivity contribution in [1.29, 1.82) is 0 Å². The number of benzene rings is 1. The highest BCUT2D eigenvalue weighted by atomic mass is 19.1. The lowest BCUT2D eigenvalue weighted by Crippen LogP contribution is -2.37. The van der Waals surface area contributed by atoms with Gasteiger partial charge < -0.3 is 15.0 Å². The summed E-state index contributed by atoms with van der Waals surface area (Å²) >= 11 is 0. The van der Waals surface area contributed by atoms with E-state index in [0.717, 1.165) is 12.8 Å². The van der Waals surface area contributed by atoms with Crippen molar-refractivity contribution in [1.82, 2.24) is 10.2 Å². The molecule has 0 unspecified atom stereocenters. The highest BCUT2D eigenvalue weighted by molar-refractivity contribution is 5.89. The molecule has 1 saturated carbocycles. The fourth-order valence-electron chi connectivity index (χ4n) is 3.52. The van der Waals surface area contributed by atoms with E-state index >= 15 is 0 Å². The van der Waals surface area contributed by atoms with Crippen molar-refractivity contribution in [2.75, 3.05) is 19.7 Å². The van der Waals surface area contributed by atoms with Crippen LogP contribution in [0.4, 0.5) is 4.39 Å². The molecule has 1 atom stereocenters. The molecule has 2 aliphatic rings. The average Bonchev–Trinajstić information content (AvgIpc) is 3.20. The van der Waals surface area contributed by atoms with Crippen molar-refractivity contribution in [2.24, 2.45) is 5.92 Å². The molecule has 1 aromatic carbocycles. The van der Waals surface area contributed by atoms with Crippen LogP contribution in [0.3, 0.4) is 0 Å². The standard InChI is InChI=1S/C18H23FN2O3/c19-14-4-3-7-16(11-14)24-9-8-20-18(23)13-10-17(22)21(12-13)15-5-1-2-6-15/h3-4,7,11,13,15H,1-2,5-6,8-10,12H2,(H,20,23)/t13-/m0/s1. The first kappa shape index (κ1) is 16.7. The fourth-order valence-corrected chi connectivity index (χ4v) is 3.52. The van der Waals surface area contributed by atoms with E-state index in [9.17, 15) is 14.0 Å². The third kappa shape index (κ3) is 4.04. The molecule has 5 nitrogen and oxygen atoms in total. The Bertz CT molecular complexity index is 602. The summed E-state index contributed by atoms with van der Waals surface area (Å²) in [6.45, 7) is 1.13. The summed E-state index contributed by atoms with van der Waals surface area (Å²) in [4.78, 5) is 26.2. The van der Waals surface area contributed by atoms with Gasteiger partial charge in [-0.15, -0.1) is 0 Å². The Labute approximate surface area is 141 Å². The van der Waals surface area contributed by atoms with Crippen molar-refractivity contribution in [2.45, 2.75) is 38.1 Å². The topological polar surface area (TPSA) is 58.6 Å². The number of carbonyl (C=O) groups excluding carboxylic acids is 2. The van der Waals surface area contributed by atoms with Crippen molar-refractivity contribution in [3.63, 3.8) is 0 Å². The zero-order valence-corrected chi connectivity index (χ0v) is 13.7. The highest BCUT2D eigenvalue weighted by Crippen LogP contribution is 2.29. The van der Waals surface area contributed by atoms with Gasteiger partial charge in [0, 0.05) is 25.1 Å². The summed E-state index contributed by atoms with van der Waals surface area (Å²) in [6.07, 6.45) is 4.75. The Morgan fingerprint density at radius 3 is 2.88 bits per heavy atom. The molecule has 2 amide bonds. The van der Waals surface area contributed by atoms with Gasteiger partial charge in [-0.05, 0) is 25.0 Å². The number of likely N-dealkylation sites (tertiary alicyclic amines) is 1. The van der Waals surface area contributed by atoms with Gasteiger partial charge in [0.25, 0.3) is 0 Å². The predicted molar refractivity (Wildman–Crippen MR) is 87.0 cm³/mol. The summed E-state index contributed by atoms with van der Waals surface area (Å²) in [7, 11) is 0. The second kappa shape index (κ2) is 7.64. The Kier molecular flexibility index (Phi) is 5.33. The fraction of sp³-hybridized carbons (Fsp3) is 0.556. The zero-order chi connectivity index (χ0) is 16.9. The van der Waals surface area contributed by atoms with Gasteiger partial charge in [0.2, 0.25) is 11.8 Å². The quantitative estimate of drug-likeness (QED) is 0.811. The molecule has 6 heteroatoms. The smallest absolute Gasteiger partial charge is 0.225 e. The number of halogens is 1. The lowest BCUT2D eigenvalue weighted by molar-refractivity contribution is -0.130. The molecular weight excluding hydrogens is 311 g/mol. The molecule has 2 fully saturated rings. The summed E-state index contributed by atoms with van der Waals surface area (Å²) in [5.74, 6) is -0.197. The molecule has 1 saturated heterocycles. The minimum Gasteiger partial charge on any atom is -0.492 e. The van der Waals surface area contributed by atoms with Crippen LogP contribution < -0.4 is 10.1 Å². The lowest BCUT2D eigenvalue weighted by Gasteiger charge is -2.23. The maximum Gasteiger partial charge on any atom is 0.225 e. The van der Waals surface area contributed by atoms with E-state index in [-0.39, 0.29) is 30.2 Å². The zero-order valence-electron chi connectivity index (χ0n) is 13.7. The van der Waals surface area contributed by atoms with Gasteiger partial charge in [-0.2, -0.15) is 0 Å². The average molecular weight is 334 g/mol. The van der Waals surface area contributed by atoms with Gasteiger partial charge in [-0.1, -0.05) is 18.9 Å². The van der Waals surface area contributed by atoms with E-state index in [0.29, 0.717) is 31.3 Å². The SMILES string of the molecule is O=C(NCCOc1cccc(F)c1)[C@H]1CC(=O)N(C2CCCC2)C1.